The Morgan fingerprint density at radius 3 is 2.58 bits per heavy atom. The van der Waals surface area contributed by atoms with Gasteiger partial charge in [-0.3, -0.25) is 0 Å². The van der Waals surface area contributed by atoms with E-state index in [4.69, 9.17) is 10.5 Å². The third-order valence-corrected chi connectivity index (χ3v) is 3.89. The molecule has 0 radical (unpaired) electrons. The molecule has 3 atom stereocenters. The Hall–Kier alpha value is -1.06. The second-order valence-electron chi connectivity index (χ2n) is 5.59. The van der Waals surface area contributed by atoms with E-state index in [9.17, 15) is 0 Å². The van der Waals surface area contributed by atoms with Crippen molar-refractivity contribution in [2.24, 2.45) is 17.6 Å². The number of nitrogens with one attached hydrogen (secondary N) is 1. The smallest absolute Gasteiger partial charge is 0.119 e. The average Bonchev–Trinajstić information content (AvgIpc) is 3.14. The largest absolute Gasteiger partial charge is 0.494 e. The van der Waals surface area contributed by atoms with Crippen LogP contribution in [0.3, 0.4) is 0 Å². The van der Waals surface area contributed by atoms with E-state index in [0.717, 1.165) is 37.2 Å². The van der Waals surface area contributed by atoms with E-state index >= 15 is 0 Å². The summed E-state index contributed by atoms with van der Waals surface area (Å²) in [6, 6.07) is 8.56. The number of ether oxygens (including phenoxy) is 1. The van der Waals surface area contributed by atoms with Crippen LogP contribution in [0.5, 0.6) is 5.75 Å². The lowest BCUT2D eigenvalue weighted by Gasteiger charge is -2.17. The molecule has 1 aliphatic carbocycles. The summed E-state index contributed by atoms with van der Waals surface area (Å²) in [6.45, 7) is 6.91. The Morgan fingerprint density at radius 2 is 2.05 bits per heavy atom. The van der Waals surface area contributed by atoms with Crippen LogP contribution in [0.25, 0.3) is 0 Å². The third-order valence-electron chi connectivity index (χ3n) is 3.89. The first kappa shape index (κ1) is 14.4. The van der Waals surface area contributed by atoms with E-state index in [1.807, 2.05) is 12.1 Å². The van der Waals surface area contributed by atoms with Crippen LogP contribution < -0.4 is 15.8 Å². The zero-order valence-electron chi connectivity index (χ0n) is 12.1. The van der Waals surface area contributed by atoms with Crippen LogP contribution >= 0.6 is 0 Å². The molecule has 0 aromatic heterocycles. The minimum Gasteiger partial charge on any atom is -0.494 e. The fourth-order valence-corrected chi connectivity index (χ4v) is 2.33. The Bertz CT molecular complexity index is 377. The molecule has 1 fully saturated rings. The van der Waals surface area contributed by atoms with Crippen molar-refractivity contribution >= 4 is 0 Å². The molecule has 0 saturated heterocycles. The number of rotatable bonds is 8. The fourth-order valence-electron chi connectivity index (χ4n) is 2.33. The highest BCUT2D eigenvalue weighted by atomic mass is 16.5. The van der Waals surface area contributed by atoms with Crippen molar-refractivity contribution in [3.05, 3.63) is 29.8 Å². The van der Waals surface area contributed by atoms with Gasteiger partial charge in [-0.25, -0.2) is 0 Å². The second-order valence-corrected chi connectivity index (χ2v) is 5.59. The second kappa shape index (κ2) is 6.92. The summed E-state index contributed by atoms with van der Waals surface area (Å²) >= 11 is 0. The number of benzene rings is 1. The molecule has 0 amide bonds. The SMILES string of the molecule is CCCOc1ccc(C(CN)NCC2CC2C)cc1. The van der Waals surface area contributed by atoms with E-state index in [1.165, 1.54) is 12.0 Å². The van der Waals surface area contributed by atoms with Crippen molar-refractivity contribution in [3.63, 3.8) is 0 Å². The van der Waals surface area contributed by atoms with Gasteiger partial charge in [0.1, 0.15) is 5.75 Å². The highest BCUT2D eigenvalue weighted by Crippen LogP contribution is 2.37. The van der Waals surface area contributed by atoms with Crippen LogP contribution in [0.4, 0.5) is 0 Å². The predicted octanol–water partition coefficient (Wildman–Crippen LogP) is 2.72. The van der Waals surface area contributed by atoms with Crippen molar-refractivity contribution in [1.82, 2.24) is 5.32 Å². The van der Waals surface area contributed by atoms with E-state index in [2.05, 4.69) is 31.3 Å². The maximum absolute atomic E-state index is 5.87. The summed E-state index contributed by atoms with van der Waals surface area (Å²) < 4.78 is 5.59. The lowest BCUT2D eigenvalue weighted by molar-refractivity contribution is 0.317. The summed E-state index contributed by atoms with van der Waals surface area (Å²) in [5.41, 5.74) is 7.12. The van der Waals surface area contributed by atoms with Crippen molar-refractivity contribution in [2.45, 2.75) is 32.7 Å². The van der Waals surface area contributed by atoms with Crippen LogP contribution in [0.15, 0.2) is 24.3 Å². The predicted molar refractivity (Wildman–Crippen MR) is 79.3 cm³/mol. The van der Waals surface area contributed by atoms with Crippen molar-refractivity contribution < 1.29 is 4.74 Å². The summed E-state index contributed by atoms with van der Waals surface area (Å²) in [6.07, 6.45) is 2.39. The molecule has 1 saturated carbocycles. The normalized spacial score (nSPS) is 23.1. The van der Waals surface area contributed by atoms with Gasteiger partial charge in [0, 0.05) is 12.6 Å². The van der Waals surface area contributed by atoms with Crippen LogP contribution in [-0.2, 0) is 0 Å². The van der Waals surface area contributed by atoms with Gasteiger partial charge in [0.25, 0.3) is 0 Å². The molecule has 106 valence electrons. The van der Waals surface area contributed by atoms with Gasteiger partial charge in [0.05, 0.1) is 6.61 Å². The molecule has 0 spiro atoms. The van der Waals surface area contributed by atoms with Crippen LogP contribution in [-0.4, -0.2) is 19.7 Å². The summed E-state index contributed by atoms with van der Waals surface area (Å²) in [4.78, 5) is 0. The maximum Gasteiger partial charge on any atom is 0.119 e. The molecule has 1 aromatic carbocycles. The molecule has 3 heteroatoms. The van der Waals surface area contributed by atoms with Crippen molar-refractivity contribution in [2.75, 3.05) is 19.7 Å². The van der Waals surface area contributed by atoms with E-state index in [0.29, 0.717) is 6.54 Å². The molecule has 0 heterocycles. The van der Waals surface area contributed by atoms with Crippen molar-refractivity contribution in [1.29, 1.82) is 0 Å². The quantitative estimate of drug-likeness (QED) is 0.757. The summed E-state index contributed by atoms with van der Waals surface area (Å²) in [5, 5.41) is 3.57. The molecule has 19 heavy (non-hydrogen) atoms. The molecule has 3 unspecified atom stereocenters. The minimum absolute atomic E-state index is 0.257. The van der Waals surface area contributed by atoms with Crippen LogP contribution in [0.2, 0.25) is 0 Å². The van der Waals surface area contributed by atoms with Gasteiger partial charge in [0.15, 0.2) is 0 Å². The number of hydrogen-bond donors (Lipinski definition) is 2. The highest BCUT2D eigenvalue weighted by Gasteiger charge is 2.32. The molecular weight excluding hydrogens is 236 g/mol. The van der Waals surface area contributed by atoms with Gasteiger partial charge in [-0.05, 0) is 48.9 Å². The molecule has 0 aliphatic heterocycles. The number of hydrogen-bond acceptors (Lipinski definition) is 3. The molecule has 3 nitrogen and oxygen atoms in total. The summed E-state index contributed by atoms with van der Waals surface area (Å²) in [7, 11) is 0. The third kappa shape index (κ3) is 4.22. The monoisotopic (exact) mass is 262 g/mol. The average molecular weight is 262 g/mol. The zero-order valence-corrected chi connectivity index (χ0v) is 12.1. The van der Waals surface area contributed by atoms with E-state index < -0.39 is 0 Å². The Kier molecular flexibility index (Phi) is 5.23. The highest BCUT2D eigenvalue weighted by molar-refractivity contribution is 5.29. The molecule has 1 aromatic rings. The Labute approximate surface area is 116 Å². The standard InChI is InChI=1S/C16H26N2O/c1-3-8-19-15-6-4-13(5-7-15)16(10-17)18-11-14-9-12(14)2/h4-7,12,14,16,18H,3,8-11,17H2,1-2H3. The maximum atomic E-state index is 5.87. The number of nitrogens with two attached hydrogens (primary N) is 1. The lowest BCUT2D eigenvalue weighted by atomic mass is 10.1. The van der Waals surface area contributed by atoms with Gasteiger partial charge in [0.2, 0.25) is 0 Å². The van der Waals surface area contributed by atoms with Gasteiger partial charge < -0.3 is 15.8 Å². The molecule has 1 aliphatic rings. The van der Waals surface area contributed by atoms with E-state index in [-0.39, 0.29) is 6.04 Å². The lowest BCUT2D eigenvalue weighted by Crippen LogP contribution is -2.30. The first-order valence-corrected chi connectivity index (χ1v) is 7.40. The minimum atomic E-state index is 0.257. The van der Waals surface area contributed by atoms with Crippen LogP contribution in [0.1, 0.15) is 38.3 Å². The first-order chi connectivity index (χ1) is 9.24. The fraction of sp³-hybridized carbons (Fsp3) is 0.625. The van der Waals surface area contributed by atoms with Crippen molar-refractivity contribution in [3.8, 4) is 5.75 Å². The van der Waals surface area contributed by atoms with Gasteiger partial charge >= 0.3 is 0 Å². The van der Waals surface area contributed by atoms with Crippen LogP contribution in [0, 0.1) is 11.8 Å². The Morgan fingerprint density at radius 1 is 1.37 bits per heavy atom. The topological polar surface area (TPSA) is 47.3 Å². The van der Waals surface area contributed by atoms with E-state index in [1.54, 1.807) is 0 Å². The first-order valence-electron chi connectivity index (χ1n) is 7.40. The molecule has 0 bridgehead atoms. The van der Waals surface area contributed by atoms with Gasteiger partial charge in [-0.2, -0.15) is 0 Å². The van der Waals surface area contributed by atoms with Gasteiger partial charge in [-0.15, -0.1) is 0 Å². The van der Waals surface area contributed by atoms with Gasteiger partial charge in [-0.1, -0.05) is 26.0 Å². The molecule has 3 N–H and O–H groups in total. The molecular formula is C16H26N2O. The molecule has 2 rings (SSSR count). The summed E-state index contributed by atoms with van der Waals surface area (Å²) in [5.74, 6) is 2.68. The Balaban J connectivity index is 1.86. The zero-order chi connectivity index (χ0) is 13.7.